The van der Waals surface area contributed by atoms with E-state index in [1.54, 1.807) is 19.1 Å². The fourth-order valence-corrected chi connectivity index (χ4v) is 2.96. The van der Waals surface area contributed by atoms with Crippen LogP contribution < -0.4 is 10.8 Å². The van der Waals surface area contributed by atoms with E-state index >= 15 is 4.39 Å². The zero-order valence-corrected chi connectivity index (χ0v) is 18.8. The lowest BCUT2D eigenvalue weighted by Crippen LogP contribution is -2.41. The van der Waals surface area contributed by atoms with Gasteiger partial charge < -0.3 is 19.1 Å². The number of hydrogen-bond donors (Lipinski definition) is 1. The monoisotopic (exact) mass is 417 g/mol. The molecule has 0 unspecified atom stereocenters. The van der Waals surface area contributed by atoms with Crippen molar-refractivity contribution in [2.75, 3.05) is 0 Å². The van der Waals surface area contributed by atoms with Gasteiger partial charge >= 0.3 is 18.9 Å². The van der Waals surface area contributed by atoms with E-state index in [1.807, 2.05) is 48.5 Å². The van der Waals surface area contributed by atoms with Crippen molar-refractivity contribution in [2.24, 2.45) is 0 Å². The van der Waals surface area contributed by atoms with Crippen LogP contribution in [0.3, 0.4) is 0 Å². The first kappa shape index (κ1) is 22.4. The number of nitrogens with zero attached hydrogens (tertiary/aromatic N) is 2. The molecule has 0 bridgehead atoms. The van der Waals surface area contributed by atoms with Gasteiger partial charge in [-0.1, -0.05) is 38.1 Å². The Bertz CT molecular complexity index is 950. The second-order valence-electron chi connectivity index (χ2n) is 9.70. The molecule has 2 heterocycles. The highest BCUT2D eigenvalue weighted by molar-refractivity contribution is 6.62. The first-order chi connectivity index (χ1) is 13.7. The van der Waals surface area contributed by atoms with Crippen molar-refractivity contribution >= 4 is 18.5 Å². The van der Waals surface area contributed by atoms with Crippen molar-refractivity contribution in [3.05, 3.63) is 40.8 Å². The van der Waals surface area contributed by atoms with Gasteiger partial charge in [0.15, 0.2) is 5.82 Å². The Balaban J connectivity index is 1.72. The summed E-state index contributed by atoms with van der Waals surface area (Å²) in [6, 6.07) is 3.39. The number of hydrogen-bond acceptors (Lipinski definition) is 6. The van der Waals surface area contributed by atoms with Gasteiger partial charge in [0, 0.05) is 17.4 Å². The Morgan fingerprint density at radius 1 is 1.17 bits per heavy atom. The van der Waals surface area contributed by atoms with E-state index in [0.29, 0.717) is 22.4 Å². The van der Waals surface area contributed by atoms with Crippen LogP contribution >= 0.6 is 0 Å². The van der Waals surface area contributed by atoms with E-state index in [1.165, 1.54) is 0 Å². The number of nitrogens with one attached hydrogen (secondary N) is 1. The molecule has 1 amide bonds. The molecule has 0 radical (unpaired) electrons. The molecule has 2 aromatic rings. The SMILES string of the molecule is Cc1c(CNC(=O)c2nc(C(C)(C)C)no2)ccc(B2OC(C)(C)C(C)(C)O2)c1F. The minimum atomic E-state index is -0.786. The quantitative estimate of drug-likeness (QED) is 0.770. The van der Waals surface area contributed by atoms with Gasteiger partial charge in [-0.15, -0.1) is 0 Å². The average Bonchev–Trinajstić information content (AvgIpc) is 3.19. The Labute approximate surface area is 176 Å². The van der Waals surface area contributed by atoms with Gasteiger partial charge in [0.25, 0.3) is 0 Å². The van der Waals surface area contributed by atoms with E-state index < -0.39 is 30.0 Å². The Morgan fingerprint density at radius 3 is 2.30 bits per heavy atom. The number of halogens is 1. The van der Waals surface area contributed by atoms with Gasteiger partial charge in [-0.05, 0) is 45.7 Å². The second kappa shape index (κ2) is 7.46. The first-order valence-corrected chi connectivity index (χ1v) is 9.99. The molecular formula is C21H29BFN3O4. The second-order valence-corrected chi connectivity index (χ2v) is 9.70. The smallest absolute Gasteiger partial charge is 0.399 e. The van der Waals surface area contributed by atoms with Crippen LogP contribution in [0.4, 0.5) is 4.39 Å². The predicted octanol–water partition coefficient (Wildman–Crippen LogP) is 3.04. The van der Waals surface area contributed by atoms with Crippen molar-refractivity contribution in [1.82, 2.24) is 15.5 Å². The van der Waals surface area contributed by atoms with Gasteiger partial charge in [0.2, 0.25) is 0 Å². The summed E-state index contributed by atoms with van der Waals surface area (Å²) in [6.07, 6.45) is 0. The minimum absolute atomic E-state index is 0.119. The maximum absolute atomic E-state index is 15.1. The maximum Gasteiger partial charge on any atom is 0.497 e. The molecule has 0 spiro atoms. The van der Waals surface area contributed by atoms with Crippen LogP contribution in [-0.4, -0.2) is 34.4 Å². The molecule has 1 aromatic heterocycles. The molecule has 1 aromatic carbocycles. The van der Waals surface area contributed by atoms with E-state index in [9.17, 15) is 4.79 Å². The highest BCUT2D eigenvalue weighted by Gasteiger charge is 2.52. The molecule has 1 fully saturated rings. The summed E-state index contributed by atoms with van der Waals surface area (Å²) in [5.74, 6) is -0.588. The number of aromatic nitrogens is 2. The predicted molar refractivity (Wildman–Crippen MR) is 111 cm³/mol. The van der Waals surface area contributed by atoms with Crippen LogP contribution in [0, 0.1) is 12.7 Å². The molecule has 30 heavy (non-hydrogen) atoms. The zero-order valence-electron chi connectivity index (χ0n) is 18.8. The van der Waals surface area contributed by atoms with E-state index in [2.05, 4.69) is 15.5 Å². The summed E-state index contributed by atoms with van der Waals surface area (Å²) in [6.45, 7) is 15.2. The van der Waals surface area contributed by atoms with Crippen LogP contribution in [0.1, 0.15) is 76.1 Å². The van der Waals surface area contributed by atoms with Crippen LogP contribution in [0.15, 0.2) is 16.7 Å². The van der Waals surface area contributed by atoms with Crippen LogP contribution in [-0.2, 0) is 21.3 Å². The number of amides is 1. The largest absolute Gasteiger partial charge is 0.497 e. The van der Waals surface area contributed by atoms with Crippen LogP contribution in [0.5, 0.6) is 0 Å². The molecule has 162 valence electrons. The molecule has 1 saturated heterocycles. The van der Waals surface area contributed by atoms with Gasteiger partial charge in [0.1, 0.15) is 5.82 Å². The fraction of sp³-hybridized carbons (Fsp3) is 0.571. The summed E-state index contributed by atoms with van der Waals surface area (Å²) >= 11 is 0. The highest BCUT2D eigenvalue weighted by atomic mass is 19.1. The molecule has 0 saturated carbocycles. The normalized spacial score (nSPS) is 18.0. The number of carbonyl (C=O) groups is 1. The molecular weight excluding hydrogens is 388 g/mol. The molecule has 7 nitrogen and oxygen atoms in total. The third kappa shape index (κ3) is 4.13. The van der Waals surface area contributed by atoms with Crippen molar-refractivity contribution in [3.8, 4) is 0 Å². The lowest BCUT2D eigenvalue weighted by atomic mass is 9.77. The minimum Gasteiger partial charge on any atom is -0.399 e. The summed E-state index contributed by atoms with van der Waals surface area (Å²) in [5.41, 5.74) is -0.0418. The fourth-order valence-electron chi connectivity index (χ4n) is 2.96. The lowest BCUT2D eigenvalue weighted by Gasteiger charge is -2.32. The topological polar surface area (TPSA) is 86.5 Å². The zero-order chi connectivity index (χ0) is 22.5. The maximum atomic E-state index is 15.1. The molecule has 1 N–H and O–H groups in total. The van der Waals surface area contributed by atoms with Gasteiger partial charge in [-0.25, -0.2) is 4.39 Å². The average molecular weight is 417 g/mol. The van der Waals surface area contributed by atoms with Crippen molar-refractivity contribution in [2.45, 2.75) is 78.6 Å². The van der Waals surface area contributed by atoms with Crippen LogP contribution in [0.25, 0.3) is 0 Å². The number of benzene rings is 1. The van der Waals surface area contributed by atoms with E-state index in [4.69, 9.17) is 13.8 Å². The van der Waals surface area contributed by atoms with Gasteiger partial charge in [0.05, 0.1) is 11.2 Å². The highest BCUT2D eigenvalue weighted by Crippen LogP contribution is 2.36. The van der Waals surface area contributed by atoms with Crippen LogP contribution in [0.2, 0.25) is 0 Å². The molecule has 1 aliphatic heterocycles. The Kier molecular flexibility index (Phi) is 5.58. The Hall–Kier alpha value is -2.26. The van der Waals surface area contributed by atoms with Crippen molar-refractivity contribution in [3.63, 3.8) is 0 Å². The molecule has 9 heteroatoms. The van der Waals surface area contributed by atoms with Gasteiger partial charge in [-0.2, -0.15) is 4.98 Å². The van der Waals surface area contributed by atoms with Crippen molar-refractivity contribution in [1.29, 1.82) is 0 Å². The summed E-state index contributed by atoms with van der Waals surface area (Å²) in [5, 5.41) is 6.54. The molecule has 3 rings (SSSR count). The molecule has 0 aliphatic carbocycles. The van der Waals surface area contributed by atoms with E-state index in [-0.39, 0.29) is 17.9 Å². The molecule has 1 aliphatic rings. The lowest BCUT2D eigenvalue weighted by molar-refractivity contribution is 0.00578. The summed E-state index contributed by atoms with van der Waals surface area (Å²) in [7, 11) is -0.786. The molecule has 0 atom stereocenters. The third-order valence-electron chi connectivity index (χ3n) is 5.77. The number of carbonyl (C=O) groups excluding carboxylic acids is 1. The Morgan fingerprint density at radius 2 is 1.77 bits per heavy atom. The third-order valence-corrected chi connectivity index (χ3v) is 5.77. The van der Waals surface area contributed by atoms with Gasteiger partial charge in [-0.3, -0.25) is 4.79 Å². The summed E-state index contributed by atoms with van der Waals surface area (Å²) in [4.78, 5) is 16.5. The first-order valence-electron chi connectivity index (χ1n) is 9.99. The van der Waals surface area contributed by atoms with Crippen molar-refractivity contribution < 1.29 is 23.0 Å². The van der Waals surface area contributed by atoms with E-state index in [0.717, 1.165) is 0 Å². The number of rotatable bonds is 4. The summed E-state index contributed by atoms with van der Waals surface area (Å²) < 4.78 is 32.0. The standard InChI is InChI=1S/C21H29BFN3O4/c1-12-13(11-24-16(27)17-25-18(26-28-17)19(2,3)4)9-10-14(15(12)23)22-29-20(5,6)21(7,8)30-22/h9-10H,11H2,1-8H3,(H,24,27).